The van der Waals surface area contributed by atoms with E-state index in [4.69, 9.17) is 0 Å². The largest absolute Gasteiger partial charge is 0.355 e. The number of piperidine rings is 1. The van der Waals surface area contributed by atoms with E-state index in [2.05, 4.69) is 40.5 Å². The second-order valence-electron chi connectivity index (χ2n) is 10.4. The molecule has 3 aliphatic rings. The molecule has 1 aromatic rings. The molecule has 32 heavy (non-hydrogen) atoms. The first kappa shape index (κ1) is 23.3. The summed E-state index contributed by atoms with van der Waals surface area (Å²) in [5.41, 5.74) is 1.35. The molecule has 176 valence electrons. The van der Waals surface area contributed by atoms with Crippen LogP contribution in [0.1, 0.15) is 101 Å². The summed E-state index contributed by atoms with van der Waals surface area (Å²) in [4.78, 5) is 27.7. The molecular formula is C28H42N2O2. The summed E-state index contributed by atoms with van der Waals surface area (Å²) in [6.07, 6.45) is 15.6. The molecule has 2 amide bonds. The molecule has 0 aromatic heterocycles. The third-order valence-electron chi connectivity index (χ3n) is 8.32. The lowest BCUT2D eigenvalue weighted by Crippen LogP contribution is -2.49. The number of hydrogen-bond acceptors (Lipinski definition) is 2. The molecule has 4 rings (SSSR count). The SMILES string of the molecule is O=C(CCCC(=O)N1CCCC2CCCCC21)NCC(c1ccccc1)C1CCCCC1. The van der Waals surface area contributed by atoms with Crippen LogP contribution >= 0.6 is 0 Å². The van der Waals surface area contributed by atoms with Gasteiger partial charge in [-0.1, -0.05) is 62.4 Å². The Bertz CT molecular complexity index is 726. The van der Waals surface area contributed by atoms with E-state index in [0.29, 0.717) is 37.1 Å². The fourth-order valence-electron chi connectivity index (χ4n) is 6.58. The lowest BCUT2D eigenvalue weighted by Gasteiger charge is -2.44. The Kier molecular flexibility index (Phi) is 8.64. The van der Waals surface area contributed by atoms with Gasteiger partial charge in [0.2, 0.25) is 11.8 Å². The standard InChI is InChI=1S/C28H42N2O2/c31-27(18-9-19-28(32)30-20-10-16-24-15-7-8-17-26(24)30)29-21-25(22-11-3-1-4-12-22)23-13-5-2-6-14-23/h1,3-4,11-12,23-26H,2,5-10,13-21H2,(H,29,31). The fraction of sp³-hybridized carbons (Fsp3) is 0.714. The summed E-state index contributed by atoms with van der Waals surface area (Å²) in [6, 6.07) is 11.2. The second-order valence-corrected chi connectivity index (χ2v) is 10.4. The lowest BCUT2D eigenvalue weighted by atomic mass is 9.77. The van der Waals surface area contributed by atoms with Crippen molar-refractivity contribution in [3.8, 4) is 0 Å². The molecule has 0 spiro atoms. The molecule has 4 heteroatoms. The van der Waals surface area contributed by atoms with Gasteiger partial charge < -0.3 is 10.2 Å². The van der Waals surface area contributed by atoms with E-state index in [-0.39, 0.29) is 11.8 Å². The Labute approximate surface area is 194 Å². The van der Waals surface area contributed by atoms with E-state index in [1.165, 1.54) is 69.8 Å². The van der Waals surface area contributed by atoms with Crippen LogP contribution in [0, 0.1) is 11.8 Å². The Hall–Kier alpha value is -1.84. The van der Waals surface area contributed by atoms with Crippen molar-refractivity contribution in [2.24, 2.45) is 11.8 Å². The summed E-state index contributed by atoms with van der Waals surface area (Å²) in [5.74, 6) is 2.16. The average Bonchev–Trinajstić information content (AvgIpc) is 2.85. The van der Waals surface area contributed by atoms with Gasteiger partial charge in [0.1, 0.15) is 0 Å². The number of nitrogens with one attached hydrogen (secondary N) is 1. The lowest BCUT2D eigenvalue weighted by molar-refractivity contribution is -0.137. The molecule has 1 heterocycles. The van der Waals surface area contributed by atoms with E-state index in [1.807, 2.05) is 0 Å². The highest BCUT2D eigenvalue weighted by Gasteiger charge is 2.35. The maximum atomic E-state index is 12.9. The Morgan fingerprint density at radius 1 is 0.875 bits per heavy atom. The normalized spacial score (nSPS) is 25.1. The summed E-state index contributed by atoms with van der Waals surface area (Å²) in [6.45, 7) is 1.64. The third kappa shape index (κ3) is 6.14. The van der Waals surface area contributed by atoms with Crippen molar-refractivity contribution >= 4 is 11.8 Å². The molecule has 2 aliphatic carbocycles. The number of fused-ring (bicyclic) bond motifs is 1. The van der Waals surface area contributed by atoms with E-state index < -0.39 is 0 Å². The van der Waals surface area contributed by atoms with E-state index in [1.54, 1.807) is 0 Å². The summed E-state index contributed by atoms with van der Waals surface area (Å²) >= 11 is 0. The molecule has 3 atom stereocenters. The molecule has 3 unspecified atom stereocenters. The zero-order valence-corrected chi connectivity index (χ0v) is 19.8. The predicted octanol–water partition coefficient (Wildman–Crippen LogP) is 5.82. The highest BCUT2D eigenvalue weighted by Crippen LogP contribution is 2.36. The van der Waals surface area contributed by atoms with Crippen LogP contribution in [0.4, 0.5) is 0 Å². The van der Waals surface area contributed by atoms with Crippen LogP contribution in [0.15, 0.2) is 30.3 Å². The quantitative estimate of drug-likeness (QED) is 0.556. The molecule has 2 saturated carbocycles. The number of benzene rings is 1. The number of rotatable bonds is 8. The molecule has 1 aliphatic heterocycles. The number of carbonyl (C=O) groups excluding carboxylic acids is 2. The van der Waals surface area contributed by atoms with Gasteiger partial charge in [-0.15, -0.1) is 0 Å². The maximum absolute atomic E-state index is 12.9. The van der Waals surface area contributed by atoms with Crippen molar-refractivity contribution in [1.82, 2.24) is 10.2 Å². The first-order valence-electron chi connectivity index (χ1n) is 13.3. The minimum Gasteiger partial charge on any atom is -0.355 e. The van der Waals surface area contributed by atoms with Crippen LogP contribution in [0.2, 0.25) is 0 Å². The number of likely N-dealkylation sites (tertiary alicyclic amines) is 1. The zero-order chi connectivity index (χ0) is 22.2. The molecule has 0 bridgehead atoms. The van der Waals surface area contributed by atoms with Gasteiger partial charge >= 0.3 is 0 Å². The molecule has 3 fully saturated rings. The molecule has 0 radical (unpaired) electrons. The monoisotopic (exact) mass is 438 g/mol. The van der Waals surface area contributed by atoms with Crippen LogP contribution in [0.3, 0.4) is 0 Å². The number of amides is 2. The zero-order valence-electron chi connectivity index (χ0n) is 19.8. The molecule has 1 aromatic carbocycles. The minimum absolute atomic E-state index is 0.101. The van der Waals surface area contributed by atoms with E-state index >= 15 is 0 Å². The van der Waals surface area contributed by atoms with Crippen molar-refractivity contribution in [1.29, 1.82) is 0 Å². The van der Waals surface area contributed by atoms with Crippen molar-refractivity contribution < 1.29 is 9.59 Å². The van der Waals surface area contributed by atoms with Gasteiger partial charge in [0, 0.05) is 37.9 Å². The highest BCUT2D eigenvalue weighted by molar-refractivity contribution is 5.79. The minimum atomic E-state index is 0.101. The first-order valence-corrected chi connectivity index (χ1v) is 13.3. The topological polar surface area (TPSA) is 49.4 Å². The van der Waals surface area contributed by atoms with Gasteiger partial charge in [-0.2, -0.15) is 0 Å². The van der Waals surface area contributed by atoms with Gasteiger partial charge in [0.25, 0.3) is 0 Å². The Balaban J connectivity index is 1.22. The molecule has 4 nitrogen and oxygen atoms in total. The highest BCUT2D eigenvalue weighted by atomic mass is 16.2. The van der Waals surface area contributed by atoms with Crippen LogP contribution < -0.4 is 5.32 Å². The van der Waals surface area contributed by atoms with Crippen LogP contribution in [-0.4, -0.2) is 35.8 Å². The van der Waals surface area contributed by atoms with Crippen molar-refractivity contribution in [2.45, 2.75) is 102 Å². The molecule has 1 saturated heterocycles. The summed E-state index contributed by atoms with van der Waals surface area (Å²) in [5, 5.41) is 3.21. The predicted molar refractivity (Wildman–Crippen MR) is 129 cm³/mol. The summed E-state index contributed by atoms with van der Waals surface area (Å²) < 4.78 is 0. The number of hydrogen-bond donors (Lipinski definition) is 1. The average molecular weight is 439 g/mol. The number of carbonyl (C=O) groups is 2. The van der Waals surface area contributed by atoms with Gasteiger partial charge in [-0.05, 0) is 62.3 Å². The van der Waals surface area contributed by atoms with Gasteiger partial charge in [-0.25, -0.2) is 0 Å². The smallest absolute Gasteiger partial charge is 0.222 e. The summed E-state index contributed by atoms with van der Waals surface area (Å²) in [7, 11) is 0. The van der Waals surface area contributed by atoms with E-state index in [9.17, 15) is 9.59 Å². The van der Waals surface area contributed by atoms with Crippen LogP contribution in [-0.2, 0) is 9.59 Å². The second kappa shape index (κ2) is 11.9. The Morgan fingerprint density at radius 3 is 2.41 bits per heavy atom. The van der Waals surface area contributed by atoms with Gasteiger partial charge in [0.15, 0.2) is 0 Å². The maximum Gasteiger partial charge on any atom is 0.222 e. The number of nitrogens with zero attached hydrogens (tertiary/aromatic N) is 1. The van der Waals surface area contributed by atoms with E-state index in [0.717, 1.165) is 25.4 Å². The van der Waals surface area contributed by atoms with Gasteiger partial charge in [-0.3, -0.25) is 9.59 Å². The fourth-order valence-corrected chi connectivity index (χ4v) is 6.58. The molecule has 1 N–H and O–H groups in total. The van der Waals surface area contributed by atoms with Crippen molar-refractivity contribution in [3.05, 3.63) is 35.9 Å². The third-order valence-corrected chi connectivity index (χ3v) is 8.32. The van der Waals surface area contributed by atoms with Crippen LogP contribution in [0.5, 0.6) is 0 Å². The van der Waals surface area contributed by atoms with Crippen LogP contribution in [0.25, 0.3) is 0 Å². The first-order chi connectivity index (χ1) is 15.7. The molecular weight excluding hydrogens is 396 g/mol. The van der Waals surface area contributed by atoms with Crippen molar-refractivity contribution in [3.63, 3.8) is 0 Å². The Morgan fingerprint density at radius 2 is 1.59 bits per heavy atom. The van der Waals surface area contributed by atoms with Gasteiger partial charge in [0.05, 0.1) is 0 Å². The van der Waals surface area contributed by atoms with Crippen molar-refractivity contribution in [2.75, 3.05) is 13.1 Å².